The Morgan fingerprint density at radius 3 is 2.62 bits per heavy atom. The maximum Gasteiger partial charge on any atom is 0.418 e. The van der Waals surface area contributed by atoms with Gasteiger partial charge in [0.05, 0.1) is 11.3 Å². The van der Waals surface area contributed by atoms with Gasteiger partial charge in [-0.05, 0) is 39.0 Å². The van der Waals surface area contributed by atoms with E-state index in [0.29, 0.717) is 0 Å². The number of amides is 1. The molecule has 0 spiro atoms. The first-order valence-corrected chi connectivity index (χ1v) is 6.25. The second-order valence-corrected chi connectivity index (χ2v) is 5.22. The largest absolute Gasteiger partial charge is 0.444 e. The summed E-state index contributed by atoms with van der Waals surface area (Å²) in [4.78, 5) is 15.0. The van der Waals surface area contributed by atoms with Crippen molar-refractivity contribution in [3.63, 3.8) is 0 Å². The van der Waals surface area contributed by atoms with Gasteiger partial charge in [0.1, 0.15) is 5.60 Å². The summed E-state index contributed by atoms with van der Waals surface area (Å²) in [6, 6.07) is 2.17. The molecule has 0 radical (unpaired) electrons. The molecular weight excluding hydrogens is 285 g/mol. The zero-order valence-corrected chi connectivity index (χ0v) is 12.0. The molecule has 7 heteroatoms. The molecule has 0 fully saturated rings. The number of carbonyl (C=O) groups is 1. The van der Waals surface area contributed by atoms with Crippen molar-refractivity contribution in [2.45, 2.75) is 32.5 Å². The Hall–Kier alpha value is -2.05. The summed E-state index contributed by atoms with van der Waals surface area (Å²) < 4.78 is 43.1. The van der Waals surface area contributed by atoms with Gasteiger partial charge >= 0.3 is 12.3 Å². The van der Waals surface area contributed by atoms with Crippen LogP contribution in [0.1, 0.15) is 32.0 Å². The van der Waals surface area contributed by atoms with Crippen molar-refractivity contribution < 1.29 is 22.7 Å². The summed E-state index contributed by atoms with van der Waals surface area (Å²) in [6.07, 6.45) is -1.24. The molecule has 0 aromatic carbocycles. The maximum absolute atomic E-state index is 12.7. The van der Waals surface area contributed by atoms with E-state index in [1.165, 1.54) is 24.4 Å². The summed E-state index contributed by atoms with van der Waals surface area (Å²) in [7, 11) is 0. The topological polar surface area (TPSA) is 51.2 Å². The number of nitrogens with one attached hydrogen (secondary N) is 1. The average Bonchev–Trinajstić information content (AvgIpc) is 2.32. The van der Waals surface area contributed by atoms with Gasteiger partial charge < -0.3 is 10.1 Å². The minimum Gasteiger partial charge on any atom is -0.444 e. The Morgan fingerprint density at radius 1 is 1.38 bits per heavy atom. The van der Waals surface area contributed by atoms with Gasteiger partial charge in [0.15, 0.2) is 0 Å². The molecule has 1 aromatic heterocycles. The van der Waals surface area contributed by atoms with Crippen molar-refractivity contribution in [1.29, 1.82) is 0 Å². The molecule has 0 unspecified atom stereocenters. The second-order valence-electron chi connectivity index (χ2n) is 5.22. The number of rotatable bonds is 3. The number of carbonyl (C=O) groups excluding carboxylic acids is 1. The molecule has 0 saturated heterocycles. The van der Waals surface area contributed by atoms with Crippen LogP contribution in [0, 0.1) is 0 Å². The Morgan fingerprint density at radius 2 is 2.05 bits per heavy atom. The fourth-order valence-electron chi connectivity index (χ4n) is 1.42. The zero-order chi connectivity index (χ0) is 16.1. The van der Waals surface area contributed by atoms with Crippen LogP contribution < -0.4 is 5.32 Å². The van der Waals surface area contributed by atoms with E-state index in [0.717, 1.165) is 6.07 Å². The molecule has 4 nitrogen and oxygen atoms in total. The molecule has 0 saturated carbocycles. The second kappa shape index (κ2) is 6.60. The van der Waals surface area contributed by atoms with Crippen molar-refractivity contribution in [3.05, 3.63) is 35.7 Å². The SMILES string of the molecule is CC(C)(C)OC(=O)NCC=Cc1ncccc1C(F)(F)F. The van der Waals surface area contributed by atoms with E-state index in [9.17, 15) is 18.0 Å². The van der Waals surface area contributed by atoms with Crippen LogP contribution in [-0.2, 0) is 10.9 Å². The number of pyridine rings is 1. The van der Waals surface area contributed by atoms with Gasteiger partial charge in [0.2, 0.25) is 0 Å². The molecule has 0 atom stereocenters. The van der Waals surface area contributed by atoms with Gasteiger partial charge in [-0.15, -0.1) is 0 Å². The first-order chi connectivity index (χ1) is 9.59. The van der Waals surface area contributed by atoms with Crippen molar-refractivity contribution in [2.24, 2.45) is 0 Å². The summed E-state index contributed by atoms with van der Waals surface area (Å²) >= 11 is 0. The number of aromatic nitrogens is 1. The highest BCUT2D eigenvalue weighted by Gasteiger charge is 2.33. The lowest BCUT2D eigenvalue weighted by atomic mass is 10.2. The Labute approximate surface area is 121 Å². The first kappa shape index (κ1) is 17.0. The van der Waals surface area contributed by atoms with Crippen LogP contribution in [-0.4, -0.2) is 23.2 Å². The zero-order valence-electron chi connectivity index (χ0n) is 12.0. The van der Waals surface area contributed by atoms with Gasteiger partial charge in [-0.3, -0.25) is 4.98 Å². The maximum atomic E-state index is 12.7. The molecule has 1 N–H and O–H groups in total. The third-order valence-electron chi connectivity index (χ3n) is 2.18. The van der Waals surface area contributed by atoms with E-state index in [-0.39, 0.29) is 12.2 Å². The van der Waals surface area contributed by atoms with Crippen LogP contribution in [0.5, 0.6) is 0 Å². The van der Waals surface area contributed by atoms with Crippen molar-refractivity contribution >= 4 is 12.2 Å². The van der Waals surface area contributed by atoms with E-state index < -0.39 is 23.4 Å². The van der Waals surface area contributed by atoms with E-state index >= 15 is 0 Å². The van der Waals surface area contributed by atoms with Gasteiger partial charge in [0.25, 0.3) is 0 Å². The smallest absolute Gasteiger partial charge is 0.418 e. The number of alkyl carbamates (subject to hydrolysis) is 1. The number of ether oxygens (including phenoxy) is 1. The quantitative estimate of drug-likeness (QED) is 0.927. The highest BCUT2D eigenvalue weighted by molar-refractivity contribution is 5.68. The lowest BCUT2D eigenvalue weighted by Gasteiger charge is -2.19. The van der Waals surface area contributed by atoms with Crippen LogP contribution >= 0.6 is 0 Å². The van der Waals surface area contributed by atoms with Crippen LogP contribution in [0.4, 0.5) is 18.0 Å². The van der Waals surface area contributed by atoms with Crippen LogP contribution in [0.2, 0.25) is 0 Å². The number of nitrogens with zero attached hydrogens (tertiary/aromatic N) is 1. The van der Waals surface area contributed by atoms with Crippen LogP contribution in [0.15, 0.2) is 24.4 Å². The van der Waals surface area contributed by atoms with E-state index in [2.05, 4.69) is 10.3 Å². The molecule has 1 amide bonds. The Bertz CT molecular complexity index is 520. The first-order valence-electron chi connectivity index (χ1n) is 6.25. The summed E-state index contributed by atoms with van der Waals surface area (Å²) in [5, 5.41) is 2.41. The van der Waals surface area contributed by atoms with Gasteiger partial charge in [-0.1, -0.05) is 6.08 Å². The lowest BCUT2D eigenvalue weighted by molar-refractivity contribution is -0.138. The molecule has 116 valence electrons. The van der Waals surface area contributed by atoms with Crippen LogP contribution in [0.3, 0.4) is 0 Å². The van der Waals surface area contributed by atoms with Crippen molar-refractivity contribution in [1.82, 2.24) is 10.3 Å². The lowest BCUT2D eigenvalue weighted by Crippen LogP contribution is -2.32. The Balaban J connectivity index is 2.61. The molecule has 1 heterocycles. The minimum atomic E-state index is -4.47. The number of hydrogen-bond acceptors (Lipinski definition) is 3. The fraction of sp³-hybridized carbons (Fsp3) is 0.429. The fourth-order valence-corrected chi connectivity index (χ4v) is 1.42. The molecule has 1 aromatic rings. The predicted octanol–water partition coefficient (Wildman–Crippen LogP) is 3.64. The monoisotopic (exact) mass is 302 g/mol. The van der Waals surface area contributed by atoms with E-state index in [1.807, 2.05) is 0 Å². The molecule has 0 bridgehead atoms. The van der Waals surface area contributed by atoms with Gasteiger partial charge in [-0.2, -0.15) is 13.2 Å². The predicted molar refractivity (Wildman–Crippen MR) is 72.5 cm³/mol. The molecular formula is C14H17F3N2O2. The van der Waals surface area contributed by atoms with Crippen molar-refractivity contribution in [3.8, 4) is 0 Å². The highest BCUT2D eigenvalue weighted by atomic mass is 19.4. The average molecular weight is 302 g/mol. The van der Waals surface area contributed by atoms with Gasteiger partial charge in [0, 0.05) is 12.7 Å². The molecule has 0 aliphatic carbocycles. The minimum absolute atomic E-state index is 0.0444. The van der Waals surface area contributed by atoms with E-state index in [4.69, 9.17) is 4.74 Å². The standard InChI is InChI=1S/C14H17F3N2O2/c1-13(2,3)21-12(20)19-9-5-7-11-10(14(15,16)17)6-4-8-18-11/h4-8H,9H2,1-3H3,(H,19,20). The molecule has 1 rings (SSSR count). The Kier molecular flexibility index (Phi) is 5.34. The number of halogens is 3. The van der Waals surface area contributed by atoms with Crippen molar-refractivity contribution in [2.75, 3.05) is 6.54 Å². The third kappa shape index (κ3) is 6.29. The number of hydrogen-bond donors (Lipinski definition) is 1. The van der Waals surface area contributed by atoms with Crippen LogP contribution in [0.25, 0.3) is 6.08 Å². The summed E-state index contributed by atoms with van der Waals surface area (Å²) in [5.41, 5.74) is -1.65. The summed E-state index contributed by atoms with van der Waals surface area (Å²) in [5.74, 6) is 0. The molecule has 21 heavy (non-hydrogen) atoms. The highest BCUT2D eigenvalue weighted by Crippen LogP contribution is 2.31. The van der Waals surface area contributed by atoms with Gasteiger partial charge in [-0.25, -0.2) is 4.79 Å². The molecule has 0 aliphatic rings. The molecule has 0 aliphatic heterocycles. The number of alkyl halides is 3. The normalized spacial score (nSPS) is 12.5. The third-order valence-corrected chi connectivity index (χ3v) is 2.18. The van der Waals surface area contributed by atoms with E-state index in [1.54, 1.807) is 20.8 Å². The summed E-state index contributed by atoms with van der Waals surface area (Å²) in [6.45, 7) is 5.19.